The summed E-state index contributed by atoms with van der Waals surface area (Å²) in [5.74, 6) is 1.73. The lowest BCUT2D eigenvalue weighted by molar-refractivity contribution is -0.130. The summed E-state index contributed by atoms with van der Waals surface area (Å²) in [5.41, 5.74) is 1.63. The molecule has 3 rings (SSSR count). The summed E-state index contributed by atoms with van der Waals surface area (Å²) in [4.78, 5) is 28.5. The number of methoxy groups -OCH3 is 2. The smallest absolute Gasteiger partial charge is 0.267 e. The monoisotopic (exact) mass is 398 g/mol. The highest BCUT2D eigenvalue weighted by molar-refractivity contribution is 6.00. The van der Waals surface area contributed by atoms with Crippen LogP contribution in [0.5, 0.6) is 17.2 Å². The minimum atomic E-state index is -0.565. The van der Waals surface area contributed by atoms with Gasteiger partial charge in [0, 0.05) is 26.6 Å². The summed E-state index contributed by atoms with van der Waals surface area (Å²) in [5, 5.41) is 0. The Morgan fingerprint density at radius 3 is 2.59 bits per heavy atom. The van der Waals surface area contributed by atoms with Crippen LogP contribution in [0.15, 0.2) is 42.5 Å². The summed E-state index contributed by atoms with van der Waals surface area (Å²) in [7, 11) is 4.91. The minimum Gasteiger partial charge on any atom is -0.493 e. The average Bonchev–Trinajstić information content (AvgIpc) is 2.73. The molecule has 0 saturated heterocycles. The Balaban J connectivity index is 1.64. The molecule has 2 aromatic rings. The maximum Gasteiger partial charge on any atom is 0.267 e. The Morgan fingerprint density at radius 1 is 1.14 bits per heavy atom. The van der Waals surface area contributed by atoms with Gasteiger partial charge in [0.2, 0.25) is 5.91 Å². The van der Waals surface area contributed by atoms with Crippen LogP contribution in [0.4, 0.5) is 5.69 Å². The zero-order valence-electron chi connectivity index (χ0n) is 17.2. The molecule has 29 heavy (non-hydrogen) atoms. The van der Waals surface area contributed by atoms with E-state index < -0.39 is 6.10 Å². The van der Waals surface area contributed by atoms with Gasteiger partial charge >= 0.3 is 0 Å². The van der Waals surface area contributed by atoms with E-state index in [-0.39, 0.29) is 18.2 Å². The van der Waals surface area contributed by atoms with Crippen LogP contribution in [-0.2, 0) is 16.1 Å². The number of rotatable bonds is 7. The number of amides is 2. The molecule has 1 atom stereocenters. The van der Waals surface area contributed by atoms with Crippen LogP contribution in [0.1, 0.15) is 18.9 Å². The standard InChI is InChI=1S/C22H26N2O5/c1-15-22(26)24(17-7-5-6-8-18(17)29-15)12-11-21(25)23(2)14-16-9-10-19(27-3)20(13-16)28-4/h5-10,13,15H,11-12,14H2,1-4H3. The lowest BCUT2D eigenvalue weighted by atomic mass is 10.1. The molecule has 1 aliphatic rings. The summed E-state index contributed by atoms with van der Waals surface area (Å²) >= 11 is 0. The number of hydrogen-bond donors (Lipinski definition) is 0. The fraction of sp³-hybridized carbons (Fsp3) is 0.364. The molecule has 1 aliphatic heterocycles. The number of nitrogens with zero attached hydrogens (tertiary/aromatic N) is 2. The summed E-state index contributed by atoms with van der Waals surface area (Å²) in [6.07, 6.45) is -0.346. The van der Waals surface area contributed by atoms with E-state index >= 15 is 0 Å². The van der Waals surface area contributed by atoms with Crippen molar-refractivity contribution in [2.45, 2.75) is 26.0 Å². The van der Waals surface area contributed by atoms with Crippen LogP contribution >= 0.6 is 0 Å². The van der Waals surface area contributed by atoms with Gasteiger partial charge in [0.1, 0.15) is 5.75 Å². The molecule has 7 nitrogen and oxygen atoms in total. The third kappa shape index (κ3) is 4.45. The zero-order valence-corrected chi connectivity index (χ0v) is 17.2. The van der Waals surface area contributed by atoms with E-state index in [0.717, 1.165) is 5.56 Å². The van der Waals surface area contributed by atoms with Gasteiger partial charge in [-0.05, 0) is 36.8 Å². The first-order valence-corrected chi connectivity index (χ1v) is 9.46. The molecule has 0 N–H and O–H groups in total. The van der Waals surface area contributed by atoms with E-state index in [1.165, 1.54) is 0 Å². The second-order valence-corrected chi connectivity index (χ2v) is 6.91. The predicted molar refractivity (Wildman–Crippen MR) is 110 cm³/mol. The molecule has 0 fully saturated rings. The van der Waals surface area contributed by atoms with Crippen molar-refractivity contribution in [1.82, 2.24) is 4.90 Å². The van der Waals surface area contributed by atoms with Gasteiger partial charge in [-0.15, -0.1) is 0 Å². The Morgan fingerprint density at radius 2 is 1.86 bits per heavy atom. The molecule has 1 heterocycles. The predicted octanol–water partition coefficient (Wildman–Crippen LogP) is 2.87. The van der Waals surface area contributed by atoms with Gasteiger partial charge in [0.25, 0.3) is 5.91 Å². The quantitative estimate of drug-likeness (QED) is 0.717. The van der Waals surface area contributed by atoms with Crippen LogP contribution in [0, 0.1) is 0 Å². The maximum atomic E-state index is 12.7. The van der Waals surface area contributed by atoms with Crippen LogP contribution in [-0.4, -0.2) is 50.6 Å². The lowest BCUT2D eigenvalue weighted by Gasteiger charge is -2.33. The minimum absolute atomic E-state index is 0.0517. The summed E-state index contributed by atoms with van der Waals surface area (Å²) in [6, 6.07) is 12.9. The molecule has 154 valence electrons. The fourth-order valence-corrected chi connectivity index (χ4v) is 3.33. The molecule has 7 heteroatoms. The molecular weight excluding hydrogens is 372 g/mol. The number of fused-ring (bicyclic) bond motifs is 1. The number of hydrogen-bond acceptors (Lipinski definition) is 5. The van der Waals surface area contributed by atoms with Crippen LogP contribution in [0.3, 0.4) is 0 Å². The summed E-state index contributed by atoms with van der Waals surface area (Å²) < 4.78 is 16.2. The third-order valence-corrected chi connectivity index (χ3v) is 4.92. The second-order valence-electron chi connectivity index (χ2n) is 6.91. The lowest BCUT2D eigenvalue weighted by Crippen LogP contribution is -2.45. The summed E-state index contributed by atoms with van der Waals surface area (Å²) in [6.45, 7) is 2.46. The van der Waals surface area contributed by atoms with Crippen molar-refractivity contribution < 1.29 is 23.8 Å². The molecule has 0 spiro atoms. The van der Waals surface area contributed by atoms with E-state index in [4.69, 9.17) is 14.2 Å². The van der Waals surface area contributed by atoms with Gasteiger partial charge in [0.05, 0.1) is 19.9 Å². The van der Waals surface area contributed by atoms with Crippen molar-refractivity contribution in [3.8, 4) is 17.2 Å². The zero-order chi connectivity index (χ0) is 21.0. The van der Waals surface area contributed by atoms with Crippen LogP contribution < -0.4 is 19.1 Å². The fourth-order valence-electron chi connectivity index (χ4n) is 3.33. The van der Waals surface area contributed by atoms with Gasteiger partial charge in [-0.2, -0.15) is 0 Å². The molecule has 0 aromatic heterocycles. The first kappa shape index (κ1) is 20.5. The largest absolute Gasteiger partial charge is 0.493 e. The number of para-hydroxylation sites is 2. The van der Waals surface area contributed by atoms with Gasteiger partial charge in [-0.25, -0.2) is 0 Å². The first-order chi connectivity index (χ1) is 13.9. The molecular formula is C22H26N2O5. The second kappa shape index (κ2) is 8.86. The highest BCUT2D eigenvalue weighted by Crippen LogP contribution is 2.33. The van der Waals surface area contributed by atoms with Crippen molar-refractivity contribution in [3.05, 3.63) is 48.0 Å². The number of anilines is 1. The van der Waals surface area contributed by atoms with E-state index in [1.54, 1.807) is 38.0 Å². The number of benzene rings is 2. The van der Waals surface area contributed by atoms with Gasteiger partial charge < -0.3 is 24.0 Å². The topological polar surface area (TPSA) is 68.3 Å². The normalized spacial score (nSPS) is 15.4. The van der Waals surface area contributed by atoms with E-state index in [2.05, 4.69) is 0 Å². The molecule has 0 saturated carbocycles. The van der Waals surface area contributed by atoms with E-state index in [0.29, 0.717) is 36.0 Å². The maximum absolute atomic E-state index is 12.7. The molecule has 2 amide bonds. The van der Waals surface area contributed by atoms with Crippen LogP contribution in [0.2, 0.25) is 0 Å². The van der Waals surface area contributed by atoms with Crippen molar-refractivity contribution in [2.24, 2.45) is 0 Å². The van der Waals surface area contributed by atoms with Crippen LogP contribution in [0.25, 0.3) is 0 Å². The average molecular weight is 398 g/mol. The van der Waals surface area contributed by atoms with Gasteiger partial charge in [-0.3, -0.25) is 9.59 Å². The SMILES string of the molecule is COc1ccc(CN(C)C(=O)CCN2C(=O)C(C)Oc3ccccc32)cc1OC. The number of carbonyl (C=O) groups is 2. The Hall–Kier alpha value is -3.22. The molecule has 0 bridgehead atoms. The number of carbonyl (C=O) groups excluding carboxylic acids is 2. The van der Waals surface area contributed by atoms with E-state index in [9.17, 15) is 9.59 Å². The Bertz CT molecular complexity index is 899. The van der Waals surface area contributed by atoms with Crippen molar-refractivity contribution >= 4 is 17.5 Å². The van der Waals surface area contributed by atoms with Crippen molar-refractivity contribution in [2.75, 3.05) is 32.7 Å². The Labute approximate surface area is 170 Å². The first-order valence-electron chi connectivity index (χ1n) is 9.46. The molecule has 0 radical (unpaired) electrons. The highest BCUT2D eigenvalue weighted by Gasteiger charge is 2.31. The van der Waals surface area contributed by atoms with Gasteiger partial charge in [-0.1, -0.05) is 18.2 Å². The van der Waals surface area contributed by atoms with Crippen molar-refractivity contribution in [1.29, 1.82) is 0 Å². The molecule has 0 aliphatic carbocycles. The van der Waals surface area contributed by atoms with E-state index in [1.807, 2.05) is 42.5 Å². The van der Waals surface area contributed by atoms with Crippen molar-refractivity contribution in [3.63, 3.8) is 0 Å². The molecule has 1 unspecified atom stereocenters. The van der Waals surface area contributed by atoms with Gasteiger partial charge in [0.15, 0.2) is 17.6 Å². The number of ether oxygens (including phenoxy) is 3. The third-order valence-electron chi connectivity index (χ3n) is 4.92. The molecule has 2 aromatic carbocycles. The highest BCUT2D eigenvalue weighted by atomic mass is 16.5. The Kier molecular flexibility index (Phi) is 6.26.